The van der Waals surface area contributed by atoms with Crippen LogP contribution in [0, 0.1) is 40.9 Å². The van der Waals surface area contributed by atoms with Gasteiger partial charge in [-0.2, -0.15) is 20.4 Å². The number of hydrogen-bond donors (Lipinski definition) is 1. The number of fused-ring (bicyclic) bond motifs is 2. The van der Waals surface area contributed by atoms with Crippen LogP contribution < -0.4 is 9.64 Å². The molecule has 1 aliphatic carbocycles. The quantitative estimate of drug-likeness (QED) is 0.0337. The van der Waals surface area contributed by atoms with Gasteiger partial charge in [0.05, 0.1) is 30.2 Å². The Kier molecular flexibility index (Phi) is 22.0. The van der Waals surface area contributed by atoms with E-state index < -0.39 is 16.8 Å². The number of unbranched alkanes of at least 4 members (excludes halogenated alkanes) is 12. The first-order chi connectivity index (χ1) is 34.6. The van der Waals surface area contributed by atoms with Crippen LogP contribution in [-0.4, -0.2) is 54.6 Å². The molecule has 2 aromatic rings. The molecule has 10 heteroatoms. The number of carboxylic acids is 1. The molecule has 0 saturated carbocycles. The van der Waals surface area contributed by atoms with Crippen molar-refractivity contribution >= 4 is 29.5 Å². The summed E-state index contributed by atoms with van der Waals surface area (Å²) in [5, 5.41) is 44.2. The number of benzene rings is 2. The van der Waals surface area contributed by atoms with Gasteiger partial charge >= 0.3 is 5.97 Å². The number of anilines is 1. The molecule has 0 fully saturated rings. The molecule has 1 N–H and O–H groups in total. The second-order valence-electron chi connectivity index (χ2n) is 19.8. The minimum Gasteiger partial charge on any atom is -0.497 e. The molecule has 5 rings (SSSR count). The number of carbonyl (C=O) groups is 2. The highest BCUT2D eigenvalue weighted by Crippen LogP contribution is 2.56. The minimum absolute atomic E-state index is 0.102. The number of carbonyl (C=O) groups excluding carboxylic acids is 1. The van der Waals surface area contributed by atoms with Crippen LogP contribution in [0.15, 0.2) is 94.3 Å². The topological polar surface area (TPSA) is 150 Å². The smallest absolute Gasteiger partial charge is 0.309 e. The van der Waals surface area contributed by atoms with E-state index in [1.54, 1.807) is 7.11 Å². The first-order valence-electron chi connectivity index (χ1n) is 26.9. The Morgan fingerprint density at radius 3 is 1.96 bits per heavy atom. The number of hydrogen-bond acceptors (Lipinski definition) is 8. The van der Waals surface area contributed by atoms with Crippen LogP contribution in [0.3, 0.4) is 0 Å². The summed E-state index contributed by atoms with van der Waals surface area (Å²) in [7, 11) is 1.67. The van der Waals surface area contributed by atoms with Crippen molar-refractivity contribution in [2.45, 2.75) is 187 Å². The molecule has 0 atom stereocenters. The molecule has 71 heavy (non-hydrogen) atoms. The Morgan fingerprint density at radius 1 is 0.803 bits per heavy atom. The van der Waals surface area contributed by atoms with E-state index in [0.717, 1.165) is 174 Å². The van der Waals surface area contributed by atoms with Gasteiger partial charge in [-0.1, -0.05) is 154 Å². The predicted octanol–water partition coefficient (Wildman–Crippen LogP) is 14.6. The summed E-state index contributed by atoms with van der Waals surface area (Å²) in [6.45, 7) is 12.1. The summed E-state index contributed by atoms with van der Waals surface area (Å²) >= 11 is 0. The first kappa shape index (κ1) is 55.7. The van der Waals surface area contributed by atoms with E-state index in [-0.39, 0.29) is 19.6 Å². The fourth-order valence-electron chi connectivity index (χ4n) is 11.6. The summed E-state index contributed by atoms with van der Waals surface area (Å²) < 4.78 is 13.3. The Labute approximate surface area is 425 Å². The van der Waals surface area contributed by atoms with Crippen LogP contribution in [0.25, 0.3) is 0 Å². The normalized spacial score (nSPS) is 16.9. The monoisotopic (exact) mass is 963 g/mol. The lowest BCUT2D eigenvalue weighted by Crippen LogP contribution is -2.37. The highest BCUT2D eigenvalue weighted by atomic mass is 16.5. The molecule has 10 nitrogen and oxygen atoms in total. The first-order valence-corrected chi connectivity index (χ1v) is 26.9. The maximum Gasteiger partial charge on any atom is 0.309 e. The van der Waals surface area contributed by atoms with Gasteiger partial charge in [-0.05, 0) is 92.2 Å². The van der Waals surface area contributed by atoms with E-state index in [2.05, 4.69) is 92.6 Å². The number of methoxy groups -OCH3 is 1. The molecule has 378 valence electrons. The van der Waals surface area contributed by atoms with Crippen LogP contribution in [0.5, 0.6) is 5.75 Å². The Bertz CT molecular complexity index is 2480. The molecule has 0 amide bonds. The van der Waals surface area contributed by atoms with E-state index in [1.807, 2.05) is 30.4 Å². The zero-order valence-electron chi connectivity index (χ0n) is 43.8. The van der Waals surface area contributed by atoms with Crippen molar-refractivity contribution in [3.8, 4) is 24.0 Å². The van der Waals surface area contributed by atoms with Crippen molar-refractivity contribution in [1.82, 2.24) is 0 Å². The maximum atomic E-state index is 12.3. The van der Waals surface area contributed by atoms with Crippen molar-refractivity contribution in [2.75, 3.05) is 31.7 Å². The lowest BCUT2D eigenvalue weighted by molar-refractivity contribution is -0.437. The van der Waals surface area contributed by atoms with Crippen LogP contribution in [0.1, 0.15) is 186 Å². The summed E-state index contributed by atoms with van der Waals surface area (Å²) in [6, 6.07) is 20.3. The zero-order chi connectivity index (χ0) is 51.2. The number of aryl methyl sites for hydroxylation is 1. The van der Waals surface area contributed by atoms with E-state index in [0.29, 0.717) is 47.3 Å². The highest BCUT2D eigenvalue weighted by Gasteiger charge is 2.53. The summed E-state index contributed by atoms with van der Waals surface area (Å²) in [5.74, 6) is -0.170. The summed E-state index contributed by atoms with van der Waals surface area (Å²) in [5.41, 5.74) is 8.37. The van der Waals surface area contributed by atoms with Gasteiger partial charge in [0.15, 0.2) is 6.54 Å². The van der Waals surface area contributed by atoms with Crippen LogP contribution in [0.4, 0.5) is 11.4 Å². The lowest BCUT2D eigenvalue weighted by atomic mass is 9.68. The molecule has 3 aliphatic rings. The number of rotatable bonds is 31. The number of ether oxygens (including phenoxy) is 2. The summed E-state index contributed by atoms with van der Waals surface area (Å²) in [6.07, 6.45) is 28.1. The zero-order valence-corrected chi connectivity index (χ0v) is 43.8. The third-order valence-electron chi connectivity index (χ3n) is 15.0. The number of allylic oxidation sites excluding steroid dienone is 10. The largest absolute Gasteiger partial charge is 0.497 e. The number of aliphatic carboxylic acids is 1. The van der Waals surface area contributed by atoms with Crippen LogP contribution in [-0.2, 0) is 25.2 Å². The van der Waals surface area contributed by atoms with Gasteiger partial charge in [-0.15, -0.1) is 0 Å². The molecule has 0 bridgehead atoms. The Morgan fingerprint density at radius 2 is 1.42 bits per heavy atom. The fraction of sp³-hybridized carbons (Fsp3) is 0.541. The predicted molar refractivity (Wildman–Crippen MR) is 285 cm³/mol. The second kappa shape index (κ2) is 28.0. The van der Waals surface area contributed by atoms with Gasteiger partial charge in [-0.25, -0.2) is 0 Å². The van der Waals surface area contributed by atoms with Crippen LogP contribution in [0.2, 0.25) is 0 Å². The molecule has 2 aromatic carbocycles. The lowest BCUT2D eigenvalue weighted by Gasteiger charge is -2.35. The van der Waals surface area contributed by atoms with Gasteiger partial charge in [-0.3, -0.25) is 9.59 Å². The number of carboxylic acid groups (broad SMARTS) is 1. The van der Waals surface area contributed by atoms with Crippen molar-refractivity contribution < 1.29 is 28.7 Å². The third-order valence-corrected chi connectivity index (χ3v) is 15.0. The highest BCUT2D eigenvalue weighted by molar-refractivity contribution is 6.10. The summed E-state index contributed by atoms with van der Waals surface area (Å²) in [4.78, 5) is 26.0. The fourth-order valence-corrected chi connectivity index (χ4v) is 11.6. The number of nitrogens with zero attached hydrogens (tertiary/aromatic N) is 5. The van der Waals surface area contributed by atoms with E-state index in [1.165, 1.54) is 0 Å². The average Bonchev–Trinajstić information content (AvgIpc) is 3.79. The van der Waals surface area contributed by atoms with Crippen LogP contribution >= 0.6 is 0 Å². The average molecular weight is 963 g/mol. The van der Waals surface area contributed by atoms with Gasteiger partial charge < -0.3 is 19.5 Å². The van der Waals surface area contributed by atoms with Crippen molar-refractivity contribution in [2.24, 2.45) is 0 Å². The molecular formula is C61H80N5O5+. The van der Waals surface area contributed by atoms with E-state index >= 15 is 0 Å². The Hall–Kier alpha value is -6.18. The third kappa shape index (κ3) is 13.2. The van der Waals surface area contributed by atoms with Crippen molar-refractivity contribution in [3.05, 3.63) is 111 Å². The standard InChI is InChI=1S/C61H79N5O5/c1-7-11-15-19-31-60(32-20-16-12-8-2)53-38-46(5)26-28-55(53)65(35-30-57(68)69)58(60)49(42-62)39-47-24-23-25-48(52(47)44-64)40-50(43-63)59-61(33-21-17-13-9-3,34-22-18-14-10-4)54-41-51(70-6)27-29-56(54)66(59)36-37-71-45-67/h23-24,26-29,38-41,45H,7-22,25,30-37H2,1-6H3/p+1. The molecule has 0 radical (unpaired) electrons. The van der Waals surface area contributed by atoms with E-state index in [9.17, 15) is 30.5 Å². The molecule has 0 aromatic heterocycles. The Balaban J connectivity index is 1.80. The maximum absolute atomic E-state index is 12.3. The minimum atomic E-state index is -0.906. The van der Waals surface area contributed by atoms with E-state index in [4.69, 9.17) is 9.47 Å². The number of nitriles is 3. The van der Waals surface area contributed by atoms with Gasteiger partial charge in [0, 0.05) is 28.4 Å². The molecule has 0 unspecified atom stereocenters. The SMILES string of the molecule is CCCCCCC1(CCCCCC)C(/C(C#N)=C/C2=C(C#N)C(=C/C(C#N)=C3\N(CCOC=O)c4ccc(OC)cc4C3(CCCCCC)CCCCCC)/CC=C2)=[N+](CCC(=O)O)c2ccc(C)cc21. The van der Waals surface area contributed by atoms with Crippen molar-refractivity contribution in [3.63, 3.8) is 0 Å². The molecule has 0 saturated heterocycles. The molecule has 2 aliphatic heterocycles. The van der Waals surface area contributed by atoms with Gasteiger partial charge in [0.25, 0.3) is 6.47 Å². The second-order valence-corrected chi connectivity index (χ2v) is 19.8. The van der Waals surface area contributed by atoms with Gasteiger partial charge in [0.1, 0.15) is 42.6 Å². The molecular weight excluding hydrogens is 883 g/mol. The molecule has 2 heterocycles. The van der Waals surface area contributed by atoms with Crippen molar-refractivity contribution in [1.29, 1.82) is 15.8 Å². The van der Waals surface area contributed by atoms with Gasteiger partial charge in [0.2, 0.25) is 11.4 Å². The molecule has 0 spiro atoms.